The molecule has 4 aromatic heterocycles. The van der Waals surface area contributed by atoms with Gasteiger partial charge in [-0.05, 0) is 33.1 Å². The Hall–Kier alpha value is -3.99. The standard InChI is InChI=1S/C25H29N9O2/c1-4-19-23(31-15-5-7-17(35)8-6-15)33-20-18(12-27-22(26)21(20)32-19)14-9-30-34(13-14)16-10-28-24(29-11-16)25(2,3)36/h9-13,15,36H,4-8H2,1-3H3,(H2,26,27)(H,31,33). The SMILES string of the molecule is CCc1nc2c(N)ncc(-c3cnn(-c4cnc(C(C)(C)O)nc4)c3)c2nc1NC1CCC(=O)CC1. The summed E-state index contributed by atoms with van der Waals surface area (Å²) >= 11 is 0. The fourth-order valence-corrected chi connectivity index (χ4v) is 4.30. The fourth-order valence-electron chi connectivity index (χ4n) is 4.30. The van der Waals surface area contributed by atoms with Crippen molar-refractivity contribution in [2.45, 2.75) is 64.5 Å². The van der Waals surface area contributed by atoms with Gasteiger partial charge >= 0.3 is 0 Å². The van der Waals surface area contributed by atoms with Crippen LogP contribution in [-0.2, 0) is 16.8 Å². The van der Waals surface area contributed by atoms with E-state index in [0.29, 0.717) is 59.2 Å². The number of Topliss-reactive ketones (excluding diaryl/α,β-unsaturated/α-hetero) is 1. The molecule has 11 heteroatoms. The first kappa shape index (κ1) is 23.7. The molecular formula is C25H29N9O2. The van der Waals surface area contributed by atoms with Gasteiger partial charge in [-0.3, -0.25) is 4.79 Å². The molecule has 36 heavy (non-hydrogen) atoms. The predicted molar refractivity (Wildman–Crippen MR) is 135 cm³/mol. The largest absolute Gasteiger partial charge is 0.382 e. The molecule has 1 aliphatic carbocycles. The number of pyridine rings is 1. The average Bonchev–Trinajstić information content (AvgIpc) is 3.35. The zero-order valence-electron chi connectivity index (χ0n) is 20.6. The van der Waals surface area contributed by atoms with Crippen molar-refractivity contribution in [3.8, 4) is 16.8 Å². The Labute approximate surface area is 208 Å². The second-order valence-electron chi connectivity index (χ2n) is 9.58. The molecule has 186 valence electrons. The van der Waals surface area contributed by atoms with Gasteiger partial charge in [-0.15, -0.1) is 0 Å². The van der Waals surface area contributed by atoms with Crippen LogP contribution in [-0.4, -0.2) is 51.6 Å². The molecule has 0 aromatic carbocycles. The molecule has 0 spiro atoms. The van der Waals surface area contributed by atoms with Gasteiger partial charge in [0.25, 0.3) is 0 Å². The van der Waals surface area contributed by atoms with Crippen LogP contribution in [0.15, 0.2) is 31.0 Å². The van der Waals surface area contributed by atoms with Crippen molar-refractivity contribution >= 4 is 28.5 Å². The van der Waals surface area contributed by atoms with Crippen molar-refractivity contribution in [1.82, 2.24) is 34.7 Å². The molecule has 0 aliphatic heterocycles. The highest BCUT2D eigenvalue weighted by molar-refractivity contribution is 5.96. The first-order chi connectivity index (χ1) is 17.2. The van der Waals surface area contributed by atoms with Gasteiger partial charge in [-0.1, -0.05) is 6.92 Å². The van der Waals surface area contributed by atoms with Crippen LogP contribution >= 0.6 is 0 Å². The number of carbonyl (C=O) groups is 1. The fraction of sp³-hybridized carbons (Fsp3) is 0.400. The van der Waals surface area contributed by atoms with E-state index in [4.69, 9.17) is 15.7 Å². The Morgan fingerprint density at radius 2 is 1.81 bits per heavy atom. The van der Waals surface area contributed by atoms with Gasteiger partial charge in [0.05, 0.1) is 24.3 Å². The van der Waals surface area contributed by atoms with Crippen LogP contribution in [0.5, 0.6) is 0 Å². The molecule has 4 heterocycles. The van der Waals surface area contributed by atoms with E-state index in [1.54, 1.807) is 43.3 Å². The summed E-state index contributed by atoms with van der Waals surface area (Å²) in [6, 6.07) is 0.178. The lowest BCUT2D eigenvalue weighted by Gasteiger charge is -2.24. The number of aryl methyl sites for hydroxylation is 1. The van der Waals surface area contributed by atoms with E-state index < -0.39 is 5.60 Å². The molecule has 0 unspecified atom stereocenters. The van der Waals surface area contributed by atoms with E-state index in [1.807, 2.05) is 13.1 Å². The molecule has 0 saturated heterocycles. The number of ketones is 1. The summed E-state index contributed by atoms with van der Waals surface area (Å²) in [7, 11) is 0. The number of aliphatic hydroxyl groups is 1. The van der Waals surface area contributed by atoms with Crippen molar-refractivity contribution < 1.29 is 9.90 Å². The highest BCUT2D eigenvalue weighted by atomic mass is 16.3. The topological polar surface area (TPSA) is 158 Å². The van der Waals surface area contributed by atoms with Crippen molar-refractivity contribution in [3.63, 3.8) is 0 Å². The molecule has 1 saturated carbocycles. The number of nitrogens with zero attached hydrogens (tertiary/aromatic N) is 7. The lowest BCUT2D eigenvalue weighted by atomic mass is 9.94. The van der Waals surface area contributed by atoms with E-state index in [1.165, 1.54) is 0 Å². The second kappa shape index (κ2) is 9.23. The molecule has 5 rings (SSSR count). The Morgan fingerprint density at radius 3 is 2.47 bits per heavy atom. The van der Waals surface area contributed by atoms with Crippen molar-refractivity contribution in [2.24, 2.45) is 0 Å². The monoisotopic (exact) mass is 487 g/mol. The Balaban J connectivity index is 1.52. The number of fused-ring (bicyclic) bond motifs is 1. The number of nitrogen functional groups attached to an aromatic ring is 1. The number of carbonyl (C=O) groups excluding carboxylic acids is 1. The van der Waals surface area contributed by atoms with Crippen LogP contribution in [0.25, 0.3) is 27.8 Å². The van der Waals surface area contributed by atoms with Crippen LogP contribution in [0.4, 0.5) is 11.6 Å². The van der Waals surface area contributed by atoms with Crippen LogP contribution < -0.4 is 11.1 Å². The van der Waals surface area contributed by atoms with Gasteiger partial charge in [-0.2, -0.15) is 5.10 Å². The molecule has 1 fully saturated rings. The normalized spacial score (nSPS) is 14.9. The van der Waals surface area contributed by atoms with Crippen LogP contribution in [0.1, 0.15) is 58.0 Å². The Bertz CT molecular complexity index is 1410. The van der Waals surface area contributed by atoms with Crippen molar-refractivity contribution in [1.29, 1.82) is 0 Å². The summed E-state index contributed by atoms with van der Waals surface area (Å²) in [6.07, 6.45) is 11.9. The summed E-state index contributed by atoms with van der Waals surface area (Å²) in [5.74, 6) is 1.66. The van der Waals surface area contributed by atoms with Gasteiger partial charge in [0.2, 0.25) is 0 Å². The third kappa shape index (κ3) is 4.61. The number of anilines is 2. The molecule has 1 aliphatic rings. The number of nitrogens with one attached hydrogen (secondary N) is 1. The minimum Gasteiger partial charge on any atom is -0.382 e. The van der Waals surface area contributed by atoms with E-state index >= 15 is 0 Å². The van der Waals surface area contributed by atoms with Crippen LogP contribution in [0, 0.1) is 0 Å². The second-order valence-corrected chi connectivity index (χ2v) is 9.58. The summed E-state index contributed by atoms with van der Waals surface area (Å²) in [5.41, 5.74) is 9.22. The van der Waals surface area contributed by atoms with Gasteiger partial charge < -0.3 is 16.2 Å². The third-order valence-corrected chi connectivity index (χ3v) is 6.36. The molecule has 0 atom stereocenters. The summed E-state index contributed by atoms with van der Waals surface area (Å²) in [5, 5.41) is 18.1. The van der Waals surface area contributed by atoms with Crippen molar-refractivity contribution in [2.75, 3.05) is 11.1 Å². The highest BCUT2D eigenvalue weighted by Crippen LogP contribution is 2.31. The molecule has 11 nitrogen and oxygen atoms in total. The van der Waals surface area contributed by atoms with Gasteiger partial charge in [0, 0.05) is 42.4 Å². The minimum atomic E-state index is -1.13. The molecular weight excluding hydrogens is 458 g/mol. The van der Waals surface area contributed by atoms with Gasteiger partial charge in [-0.25, -0.2) is 29.6 Å². The van der Waals surface area contributed by atoms with E-state index in [0.717, 1.165) is 29.7 Å². The summed E-state index contributed by atoms with van der Waals surface area (Å²) < 4.78 is 1.65. The first-order valence-electron chi connectivity index (χ1n) is 12.1. The average molecular weight is 488 g/mol. The molecule has 0 radical (unpaired) electrons. The Kier molecular flexibility index (Phi) is 6.09. The van der Waals surface area contributed by atoms with Gasteiger partial charge in [0.1, 0.15) is 33.9 Å². The Morgan fingerprint density at radius 1 is 1.08 bits per heavy atom. The number of nitrogens with two attached hydrogens (primary N) is 1. The zero-order valence-corrected chi connectivity index (χ0v) is 20.6. The maximum Gasteiger partial charge on any atom is 0.159 e. The van der Waals surface area contributed by atoms with Crippen LogP contribution in [0.3, 0.4) is 0 Å². The van der Waals surface area contributed by atoms with E-state index in [9.17, 15) is 9.90 Å². The minimum absolute atomic E-state index is 0.178. The summed E-state index contributed by atoms with van der Waals surface area (Å²) in [6.45, 7) is 5.29. The number of aromatic nitrogens is 7. The van der Waals surface area contributed by atoms with E-state index in [2.05, 4.69) is 25.4 Å². The smallest absolute Gasteiger partial charge is 0.159 e. The molecule has 0 bridgehead atoms. The number of rotatable bonds is 6. The molecule has 0 amide bonds. The lowest BCUT2D eigenvalue weighted by molar-refractivity contribution is -0.120. The number of hydrogen-bond donors (Lipinski definition) is 3. The zero-order chi connectivity index (χ0) is 25.4. The quantitative estimate of drug-likeness (QED) is 0.369. The summed E-state index contributed by atoms with van der Waals surface area (Å²) in [4.78, 5) is 34.3. The maximum absolute atomic E-state index is 11.7. The van der Waals surface area contributed by atoms with Crippen LogP contribution in [0.2, 0.25) is 0 Å². The van der Waals surface area contributed by atoms with E-state index in [-0.39, 0.29) is 6.04 Å². The predicted octanol–water partition coefficient (Wildman–Crippen LogP) is 2.96. The van der Waals surface area contributed by atoms with Crippen molar-refractivity contribution in [3.05, 3.63) is 42.5 Å². The first-order valence-corrected chi connectivity index (χ1v) is 12.1. The third-order valence-electron chi connectivity index (χ3n) is 6.36. The lowest BCUT2D eigenvalue weighted by Crippen LogP contribution is -2.27. The molecule has 4 aromatic rings. The highest BCUT2D eigenvalue weighted by Gasteiger charge is 2.22. The molecule has 4 N–H and O–H groups in total. The maximum atomic E-state index is 11.7. The number of hydrogen-bond acceptors (Lipinski definition) is 10. The van der Waals surface area contributed by atoms with Gasteiger partial charge in [0.15, 0.2) is 11.6 Å².